The van der Waals surface area contributed by atoms with Gasteiger partial charge in [0.2, 0.25) is 0 Å². The predicted molar refractivity (Wildman–Crippen MR) is 150 cm³/mol. The van der Waals surface area contributed by atoms with E-state index in [-0.39, 0.29) is 18.1 Å². The van der Waals surface area contributed by atoms with Crippen LogP contribution in [0.25, 0.3) is 6.08 Å². The number of hydrogen-bond donors (Lipinski definition) is 1. The summed E-state index contributed by atoms with van der Waals surface area (Å²) in [6, 6.07) is 19.1. The van der Waals surface area contributed by atoms with Crippen LogP contribution < -0.4 is 14.4 Å². The number of nitrogens with zero attached hydrogens (tertiary/aromatic N) is 2. The van der Waals surface area contributed by atoms with Crippen LogP contribution in [0.3, 0.4) is 0 Å². The Morgan fingerprint density at radius 1 is 1.22 bits per heavy atom. The highest BCUT2D eigenvalue weighted by molar-refractivity contribution is 14.1. The lowest BCUT2D eigenvalue weighted by Crippen LogP contribution is -2.27. The highest BCUT2D eigenvalue weighted by Gasteiger charge is 2.33. The van der Waals surface area contributed by atoms with Crippen LogP contribution in [0.5, 0.6) is 11.5 Å². The van der Waals surface area contributed by atoms with E-state index >= 15 is 0 Å². The normalized spacial score (nSPS) is 14.1. The van der Waals surface area contributed by atoms with Crippen LogP contribution >= 0.6 is 46.6 Å². The predicted octanol–water partition coefficient (Wildman–Crippen LogP) is 5.85. The third-order valence-corrected chi connectivity index (χ3v) is 7.31. The maximum absolute atomic E-state index is 13.1. The van der Waals surface area contributed by atoms with Crippen molar-refractivity contribution in [1.82, 2.24) is 0 Å². The molecule has 0 aliphatic carbocycles. The number of rotatable bonds is 7. The van der Waals surface area contributed by atoms with Gasteiger partial charge in [-0.25, -0.2) is 4.79 Å². The monoisotopic (exact) mass is 628 g/mol. The van der Waals surface area contributed by atoms with Crippen LogP contribution in [-0.2, 0) is 11.4 Å². The maximum atomic E-state index is 13.1. The van der Waals surface area contributed by atoms with Crippen molar-refractivity contribution in [2.45, 2.75) is 6.61 Å². The van der Waals surface area contributed by atoms with Crippen LogP contribution in [0.1, 0.15) is 27.0 Å². The second-order valence-corrected chi connectivity index (χ2v) is 10.3. The summed E-state index contributed by atoms with van der Waals surface area (Å²) in [5, 5.41) is 18.6. The SMILES string of the molecule is COc1cc(/C=C2/SC(=S)N(c3cccc(C(=O)O)c3)C2=O)cc(I)c1OCc1ccccc1C#N. The number of anilines is 1. The van der Waals surface area contributed by atoms with Gasteiger partial charge < -0.3 is 14.6 Å². The number of aromatic carboxylic acids is 1. The first-order valence-electron chi connectivity index (χ1n) is 10.4. The number of nitriles is 1. The zero-order chi connectivity index (χ0) is 25.8. The number of carboxylic acid groups (broad SMARTS) is 1. The van der Waals surface area contributed by atoms with Gasteiger partial charge in [0, 0.05) is 5.56 Å². The second kappa shape index (κ2) is 11.1. The lowest BCUT2D eigenvalue weighted by molar-refractivity contribution is -0.113. The average Bonchev–Trinajstić information content (AvgIpc) is 3.15. The van der Waals surface area contributed by atoms with Crippen LogP contribution in [0.2, 0.25) is 0 Å². The molecule has 0 aromatic heterocycles. The minimum Gasteiger partial charge on any atom is -0.493 e. The number of amides is 1. The average molecular weight is 628 g/mol. The molecule has 7 nitrogen and oxygen atoms in total. The molecule has 0 bridgehead atoms. The molecule has 3 aromatic rings. The Morgan fingerprint density at radius 3 is 2.72 bits per heavy atom. The van der Waals surface area contributed by atoms with Crippen molar-refractivity contribution in [2.75, 3.05) is 12.0 Å². The third-order valence-electron chi connectivity index (χ3n) is 5.20. The second-order valence-electron chi connectivity index (χ2n) is 7.46. The van der Waals surface area contributed by atoms with Crippen molar-refractivity contribution in [2.24, 2.45) is 0 Å². The Hall–Kier alpha value is -3.40. The summed E-state index contributed by atoms with van der Waals surface area (Å²) in [6.07, 6.45) is 1.71. The molecule has 0 spiro atoms. The summed E-state index contributed by atoms with van der Waals surface area (Å²) in [7, 11) is 1.53. The first-order valence-corrected chi connectivity index (χ1v) is 12.7. The smallest absolute Gasteiger partial charge is 0.335 e. The summed E-state index contributed by atoms with van der Waals surface area (Å²) >= 11 is 8.68. The molecule has 3 aromatic carbocycles. The van der Waals surface area contributed by atoms with E-state index in [9.17, 15) is 20.0 Å². The number of methoxy groups -OCH3 is 1. The van der Waals surface area contributed by atoms with Crippen LogP contribution in [-0.4, -0.2) is 28.4 Å². The molecular weight excluding hydrogens is 611 g/mol. The lowest BCUT2D eigenvalue weighted by atomic mass is 10.1. The van der Waals surface area contributed by atoms with Gasteiger partial charge in [0.25, 0.3) is 5.91 Å². The molecule has 180 valence electrons. The van der Waals surface area contributed by atoms with E-state index in [1.807, 2.05) is 18.2 Å². The Kier molecular flexibility index (Phi) is 7.93. The molecule has 0 unspecified atom stereocenters. The van der Waals surface area contributed by atoms with Crippen LogP contribution in [0.4, 0.5) is 5.69 Å². The maximum Gasteiger partial charge on any atom is 0.335 e. The minimum atomic E-state index is -1.09. The number of carboxylic acids is 1. The molecular formula is C26H17IN2O5S2. The first kappa shape index (κ1) is 25.7. The summed E-state index contributed by atoms with van der Waals surface area (Å²) in [4.78, 5) is 26.2. The Balaban J connectivity index is 1.60. The van der Waals surface area contributed by atoms with Gasteiger partial charge in [-0.2, -0.15) is 5.26 Å². The number of carbonyl (C=O) groups is 2. The van der Waals surface area contributed by atoms with E-state index in [4.69, 9.17) is 21.7 Å². The van der Waals surface area contributed by atoms with Crippen molar-refractivity contribution >= 4 is 74.5 Å². The van der Waals surface area contributed by atoms with Gasteiger partial charge in [0.1, 0.15) is 6.61 Å². The van der Waals surface area contributed by atoms with Crippen molar-refractivity contribution in [3.8, 4) is 17.6 Å². The van der Waals surface area contributed by atoms with E-state index in [1.165, 1.54) is 24.1 Å². The molecule has 1 heterocycles. The summed E-state index contributed by atoms with van der Waals surface area (Å²) in [5.74, 6) is -0.416. The fraction of sp³-hybridized carbons (Fsp3) is 0.0769. The molecule has 1 aliphatic rings. The highest BCUT2D eigenvalue weighted by Crippen LogP contribution is 2.39. The molecule has 0 saturated carbocycles. The van der Waals surface area contributed by atoms with Crippen molar-refractivity contribution in [3.05, 3.63) is 91.4 Å². The molecule has 10 heteroatoms. The van der Waals surface area contributed by atoms with Crippen molar-refractivity contribution in [3.63, 3.8) is 0 Å². The fourth-order valence-corrected chi connectivity index (χ4v) is 5.57. The third kappa shape index (κ3) is 5.38. The van der Waals surface area contributed by atoms with Crippen molar-refractivity contribution in [1.29, 1.82) is 5.26 Å². The Bertz CT molecular complexity index is 1460. The number of thiocarbonyl (C=S) groups is 1. The van der Waals surface area contributed by atoms with Gasteiger partial charge in [-0.15, -0.1) is 0 Å². The summed E-state index contributed by atoms with van der Waals surface area (Å²) in [6.45, 7) is 0.198. The van der Waals surface area contributed by atoms with Gasteiger partial charge in [0.05, 0.1) is 38.5 Å². The van der Waals surface area contributed by atoms with Crippen molar-refractivity contribution < 1.29 is 24.2 Å². The zero-order valence-electron chi connectivity index (χ0n) is 18.7. The Labute approximate surface area is 230 Å². The molecule has 0 atom stereocenters. The van der Waals surface area contributed by atoms with Gasteiger partial charge in [-0.05, 0) is 70.6 Å². The quantitative estimate of drug-likeness (QED) is 0.198. The van der Waals surface area contributed by atoms with E-state index in [2.05, 4.69) is 28.7 Å². The van der Waals surface area contributed by atoms with E-state index in [0.29, 0.717) is 37.5 Å². The van der Waals surface area contributed by atoms with Gasteiger partial charge in [-0.1, -0.05) is 48.2 Å². The molecule has 1 N–H and O–H groups in total. The lowest BCUT2D eigenvalue weighted by Gasteiger charge is -2.15. The van der Waals surface area contributed by atoms with Gasteiger partial charge in [0.15, 0.2) is 15.8 Å². The number of halogens is 1. The number of thioether (sulfide) groups is 1. The summed E-state index contributed by atoms with van der Waals surface area (Å²) in [5.41, 5.74) is 2.48. The molecule has 36 heavy (non-hydrogen) atoms. The van der Waals surface area contributed by atoms with Crippen LogP contribution in [0, 0.1) is 14.9 Å². The molecule has 1 amide bonds. The van der Waals surface area contributed by atoms with E-state index in [0.717, 1.165) is 20.9 Å². The molecule has 0 radical (unpaired) electrons. The minimum absolute atomic E-state index is 0.0674. The van der Waals surface area contributed by atoms with E-state index < -0.39 is 5.97 Å². The van der Waals surface area contributed by atoms with Crippen LogP contribution in [0.15, 0.2) is 65.6 Å². The Morgan fingerprint density at radius 2 is 2.00 bits per heavy atom. The topological polar surface area (TPSA) is 99.9 Å². The fourth-order valence-electron chi connectivity index (χ4n) is 3.49. The molecule has 1 aliphatic heterocycles. The number of benzene rings is 3. The number of ether oxygens (including phenoxy) is 2. The van der Waals surface area contributed by atoms with E-state index in [1.54, 1.807) is 36.4 Å². The number of carbonyl (C=O) groups excluding carboxylic acids is 1. The molecule has 4 rings (SSSR count). The van der Waals surface area contributed by atoms with Gasteiger partial charge in [-0.3, -0.25) is 9.69 Å². The summed E-state index contributed by atoms with van der Waals surface area (Å²) < 4.78 is 12.6. The first-order chi connectivity index (χ1) is 17.3. The molecule has 1 saturated heterocycles. The molecule has 1 fully saturated rings. The standard InChI is InChI=1S/C26H17IN2O5S2/c1-33-21-10-15(9-20(27)23(21)34-14-18-6-3-2-5-17(18)13-28)11-22-24(30)29(26(35)36-22)19-8-4-7-16(12-19)25(31)32/h2-12H,14H2,1H3,(H,31,32)/b22-11+. The highest BCUT2D eigenvalue weighted by atomic mass is 127. The largest absolute Gasteiger partial charge is 0.493 e. The number of hydrogen-bond acceptors (Lipinski definition) is 7. The van der Waals surface area contributed by atoms with Gasteiger partial charge >= 0.3 is 5.97 Å². The zero-order valence-corrected chi connectivity index (χ0v) is 22.5.